The fraction of sp³-hybridized carbons (Fsp3) is 0.421. The third kappa shape index (κ3) is 4.61. The Labute approximate surface area is 143 Å². The van der Waals surface area contributed by atoms with E-state index in [1.165, 1.54) is 6.26 Å². The molecule has 1 aromatic carbocycles. The standard InChI is InChI=1S/C19H26N2O3/c1-13-14(7-5-8-15(13)20-12-19(2,3)4)18(23)21-16(11-22)17-9-6-10-24-17/h5-10,16,20,22H,11-12H2,1-4H3,(H,21,23). The van der Waals surface area contributed by atoms with Gasteiger partial charge < -0.3 is 20.2 Å². The van der Waals surface area contributed by atoms with Crippen molar-refractivity contribution in [1.82, 2.24) is 5.32 Å². The van der Waals surface area contributed by atoms with Crippen LogP contribution in [0, 0.1) is 12.3 Å². The first-order chi connectivity index (χ1) is 11.3. The van der Waals surface area contributed by atoms with E-state index in [1.54, 1.807) is 18.2 Å². The smallest absolute Gasteiger partial charge is 0.252 e. The largest absolute Gasteiger partial charge is 0.467 e. The molecule has 0 aliphatic heterocycles. The molecule has 5 heteroatoms. The van der Waals surface area contributed by atoms with Crippen LogP contribution < -0.4 is 10.6 Å². The van der Waals surface area contributed by atoms with Crippen LogP contribution >= 0.6 is 0 Å². The van der Waals surface area contributed by atoms with Crippen molar-refractivity contribution in [3.63, 3.8) is 0 Å². The summed E-state index contributed by atoms with van der Waals surface area (Å²) in [6.45, 7) is 8.97. The number of amides is 1. The maximum atomic E-state index is 12.6. The van der Waals surface area contributed by atoms with Crippen LogP contribution in [0.15, 0.2) is 41.0 Å². The van der Waals surface area contributed by atoms with Gasteiger partial charge in [-0.05, 0) is 42.2 Å². The minimum atomic E-state index is -0.557. The lowest BCUT2D eigenvalue weighted by atomic mass is 9.96. The molecule has 1 amide bonds. The van der Waals surface area contributed by atoms with Crippen molar-refractivity contribution < 1.29 is 14.3 Å². The van der Waals surface area contributed by atoms with Crippen LogP contribution in [-0.4, -0.2) is 24.2 Å². The predicted molar refractivity (Wildman–Crippen MR) is 95.1 cm³/mol. The molecule has 1 atom stereocenters. The Balaban J connectivity index is 2.14. The highest BCUT2D eigenvalue weighted by atomic mass is 16.3. The van der Waals surface area contributed by atoms with Crippen LogP contribution in [0.3, 0.4) is 0 Å². The maximum absolute atomic E-state index is 12.6. The Kier molecular flexibility index (Phi) is 5.67. The van der Waals surface area contributed by atoms with Gasteiger partial charge in [-0.25, -0.2) is 0 Å². The first-order valence-corrected chi connectivity index (χ1v) is 8.10. The molecule has 0 spiro atoms. The number of aliphatic hydroxyl groups is 1. The maximum Gasteiger partial charge on any atom is 0.252 e. The van der Waals surface area contributed by atoms with E-state index in [0.29, 0.717) is 11.3 Å². The van der Waals surface area contributed by atoms with Gasteiger partial charge in [-0.1, -0.05) is 26.8 Å². The monoisotopic (exact) mass is 330 g/mol. The van der Waals surface area contributed by atoms with Gasteiger partial charge in [0.25, 0.3) is 5.91 Å². The van der Waals surface area contributed by atoms with Gasteiger partial charge in [-0.15, -0.1) is 0 Å². The molecular formula is C19H26N2O3. The number of nitrogens with one attached hydrogen (secondary N) is 2. The van der Waals surface area contributed by atoms with Crippen molar-refractivity contribution in [2.45, 2.75) is 33.7 Å². The van der Waals surface area contributed by atoms with Crippen LogP contribution in [0.2, 0.25) is 0 Å². The summed E-state index contributed by atoms with van der Waals surface area (Å²) in [5.41, 5.74) is 2.55. The summed E-state index contributed by atoms with van der Waals surface area (Å²) in [6, 6.07) is 8.51. The molecular weight excluding hydrogens is 304 g/mol. The molecule has 1 aromatic heterocycles. The summed E-state index contributed by atoms with van der Waals surface area (Å²) >= 11 is 0. The molecule has 0 aliphatic rings. The van der Waals surface area contributed by atoms with Crippen molar-refractivity contribution in [1.29, 1.82) is 0 Å². The molecule has 130 valence electrons. The van der Waals surface area contributed by atoms with E-state index < -0.39 is 6.04 Å². The molecule has 3 N–H and O–H groups in total. The Morgan fingerprint density at radius 1 is 1.25 bits per heavy atom. The summed E-state index contributed by atoms with van der Waals surface area (Å²) < 4.78 is 5.27. The van der Waals surface area contributed by atoms with Crippen LogP contribution in [-0.2, 0) is 0 Å². The fourth-order valence-corrected chi connectivity index (χ4v) is 2.37. The van der Waals surface area contributed by atoms with Gasteiger partial charge in [0, 0.05) is 17.8 Å². The molecule has 1 unspecified atom stereocenters. The van der Waals surface area contributed by atoms with Crippen LogP contribution in [0.5, 0.6) is 0 Å². The Bertz CT molecular complexity index is 672. The highest BCUT2D eigenvalue weighted by molar-refractivity contribution is 5.97. The zero-order valence-electron chi connectivity index (χ0n) is 14.7. The number of rotatable bonds is 6. The molecule has 5 nitrogen and oxygen atoms in total. The molecule has 2 rings (SSSR count). The summed E-state index contributed by atoms with van der Waals surface area (Å²) in [4.78, 5) is 12.6. The van der Waals surface area contributed by atoms with Gasteiger partial charge in [0.05, 0.1) is 12.9 Å². The van der Waals surface area contributed by atoms with E-state index in [4.69, 9.17) is 4.42 Å². The van der Waals surface area contributed by atoms with Crippen LogP contribution in [0.1, 0.15) is 48.5 Å². The number of benzene rings is 1. The van der Waals surface area contributed by atoms with E-state index in [9.17, 15) is 9.90 Å². The molecule has 0 saturated carbocycles. The number of anilines is 1. The fourth-order valence-electron chi connectivity index (χ4n) is 2.37. The minimum Gasteiger partial charge on any atom is -0.467 e. The third-order valence-electron chi connectivity index (χ3n) is 3.76. The Morgan fingerprint density at radius 2 is 2.00 bits per heavy atom. The third-order valence-corrected chi connectivity index (χ3v) is 3.76. The number of hydrogen-bond donors (Lipinski definition) is 3. The van der Waals surface area contributed by atoms with E-state index in [2.05, 4.69) is 31.4 Å². The van der Waals surface area contributed by atoms with Gasteiger partial charge in [0.1, 0.15) is 11.8 Å². The second-order valence-electron chi connectivity index (χ2n) is 7.12. The van der Waals surface area contributed by atoms with Crippen molar-refractivity contribution in [2.75, 3.05) is 18.5 Å². The topological polar surface area (TPSA) is 74.5 Å². The lowest BCUT2D eigenvalue weighted by Crippen LogP contribution is -2.31. The van der Waals surface area contributed by atoms with Crippen molar-refractivity contribution in [2.24, 2.45) is 5.41 Å². The van der Waals surface area contributed by atoms with E-state index in [1.807, 2.05) is 19.1 Å². The molecule has 0 aliphatic carbocycles. The molecule has 0 bridgehead atoms. The quantitative estimate of drug-likeness (QED) is 0.758. The van der Waals surface area contributed by atoms with E-state index in [0.717, 1.165) is 17.8 Å². The average molecular weight is 330 g/mol. The highest BCUT2D eigenvalue weighted by Crippen LogP contribution is 2.22. The Hall–Kier alpha value is -2.27. The van der Waals surface area contributed by atoms with E-state index >= 15 is 0 Å². The van der Waals surface area contributed by atoms with Crippen molar-refractivity contribution in [3.05, 3.63) is 53.5 Å². The SMILES string of the molecule is Cc1c(NCC(C)(C)C)cccc1C(=O)NC(CO)c1ccco1. The predicted octanol–water partition coefficient (Wildman–Crippen LogP) is 3.51. The summed E-state index contributed by atoms with van der Waals surface area (Å²) in [5.74, 6) is 0.299. The zero-order chi connectivity index (χ0) is 17.7. The van der Waals surface area contributed by atoms with Gasteiger partial charge in [-0.2, -0.15) is 0 Å². The number of aliphatic hydroxyl groups excluding tert-OH is 1. The van der Waals surface area contributed by atoms with Gasteiger partial charge in [0.15, 0.2) is 0 Å². The lowest BCUT2D eigenvalue weighted by molar-refractivity contribution is 0.0906. The molecule has 1 heterocycles. The number of carbonyl (C=O) groups excluding carboxylic acids is 1. The lowest BCUT2D eigenvalue weighted by Gasteiger charge is -2.21. The first kappa shape index (κ1) is 18.1. The first-order valence-electron chi connectivity index (χ1n) is 8.10. The van der Waals surface area contributed by atoms with Crippen LogP contribution in [0.25, 0.3) is 0 Å². The molecule has 0 saturated heterocycles. The highest BCUT2D eigenvalue weighted by Gasteiger charge is 2.19. The minimum absolute atomic E-state index is 0.145. The molecule has 0 radical (unpaired) electrons. The second kappa shape index (κ2) is 7.53. The van der Waals surface area contributed by atoms with Gasteiger partial charge in [-0.3, -0.25) is 4.79 Å². The zero-order valence-corrected chi connectivity index (χ0v) is 14.7. The Morgan fingerprint density at radius 3 is 2.58 bits per heavy atom. The van der Waals surface area contributed by atoms with Crippen molar-refractivity contribution >= 4 is 11.6 Å². The van der Waals surface area contributed by atoms with E-state index in [-0.39, 0.29) is 17.9 Å². The summed E-state index contributed by atoms with van der Waals surface area (Å²) in [5, 5.41) is 15.7. The second-order valence-corrected chi connectivity index (χ2v) is 7.12. The van der Waals surface area contributed by atoms with Gasteiger partial charge in [0.2, 0.25) is 0 Å². The number of furan rings is 1. The normalized spacial score (nSPS) is 12.7. The van der Waals surface area contributed by atoms with Gasteiger partial charge >= 0.3 is 0 Å². The number of hydrogen-bond acceptors (Lipinski definition) is 4. The molecule has 24 heavy (non-hydrogen) atoms. The van der Waals surface area contributed by atoms with Crippen LogP contribution in [0.4, 0.5) is 5.69 Å². The molecule has 2 aromatic rings. The average Bonchev–Trinajstić information content (AvgIpc) is 3.04. The summed E-state index contributed by atoms with van der Waals surface area (Å²) in [6.07, 6.45) is 1.52. The number of carbonyl (C=O) groups is 1. The summed E-state index contributed by atoms with van der Waals surface area (Å²) in [7, 11) is 0. The van der Waals surface area contributed by atoms with Crippen molar-refractivity contribution in [3.8, 4) is 0 Å². The molecule has 0 fully saturated rings.